The van der Waals surface area contributed by atoms with Crippen LogP contribution >= 0.6 is 23.4 Å². The molecule has 0 aliphatic heterocycles. The smallest absolute Gasteiger partial charge is 0.270 e. The highest BCUT2D eigenvalue weighted by atomic mass is 35.5. The summed E-state index contributed by atoms with van der Waals surface area (Å²) in [7, 11) is -4.06. The van der Waals surface area contributed by atoms with Gasteiger partial charge in [0.2, 0.25) is 15.7 Å². The van der Waals surface area contributed by atoms with Crippen LogP contribution < -0.4 is 10.9 Å². The zero-order valence-corrected chi connectivity index (χ0v) is 16.9. The Labute approximate surface area is 174 Å². The van der Waals surface area contributed by atoms with Gasteiger partial charge in [0.05, 0.1) is 16.8 Å². The van der Waals surface area contributed by atoms with Gasteiger partial charge in [0.25, 0.3) is 5.56 Å². The molecule has 150 valence electrons. The van der Waals surface area contributed by atoms with Crippen LogP contribution in [-0.2, 0) is 14.6 Å². The number of anilines is 1. The lowest BCUT2D eigenvalue weighted by atomic mass is 10.3. The van der Waals surface area contributed by atoms with Crippen LogP contribution in [0.5, 0.6) is 0 Å². The van der Waals surface area contributed by atoms with Crippen molar-refractivity contribution in [2.75, 3.05) is 11.1 Å². The largest absolute Gasteiger partial charge is 0.325 e. The number of rotatable bonds is 6. The third-order valence-electron chi connectivity index (χ3n) is 3.62. The van der Waals surface area contributed by atoms with Gasteiger partial charge < -0.3 is 10.3 Å². The first-order valence-electron chi connectivity index (χ1n) is 8.04. The van der Waals surface area contributed by atoms with Crippen molar-refractivity contribution in [3.8, 4) is 0 Å². The molecule has 0 aliphatic carbocycles. The molecular weight excluding hydrogens is 441 g/mol. The van der Waals surface area contributed by atoms with Gasteiger partial charge in [0, 0.05) is 10.7 Å². The Balaban J connectivity index is 1.69. The fourth-order valence-electron chi connectivity index (χ4n) is 2.24. The maximum absolute atomic E-state index is 12.9. The van der Waals surface area contributed by atoms with Crippen LogP contribution in [-0.4, -0.2) is 30.0 Å². The predicted molar refractivity (Wildman–Crippen MR) is 108 cm³/mol. The normalized spacial score (nSPS) is 11.2. The Morgan fingerprint density at radius 3 is 2.41 bits per heavy atom. The van der Waals surface area contributed by atoms with Crippen molar-refractivity contribution in [1.82, 2.24) is 9.97 Å². The molecule has 29 heavy (non-hydrogen) atoms. The van der Waals surface area contributed by atoms with Crippen molar-refractivity contribution in [3.05, 3.63) is 75.9 Å². The van der Waals surface area contributed by atoms with Crippen molar-refractivity contribution in [2.24, 2.45) is 0 Å². The second-order valence-corrected chi connectivity index (χ2v) is 9.00. The van der Waals surface area contributed by atoms with Gasteiger partial charge in [0.15, 0.2) is 10.1 Å². The molecule has 0 unspecified atom stereocenters. The van der Waals surface area contributed by atoms with Crippen LogP contribution in [0.1, 0.15) is 0 Å². The minimum atomic E-state index is -4.06. The zero-order valence-electron chi connectivity index (χ0n) is 14.6. The highest BCUT2D eigenvalue weighted by molar-refractivity contribution is 7.99. The first kappa shape index (κ1) is 21.0. The molecule has 2 N–H and O–H groups in total. The van der Waals surface area contributed by atoms with Gasteiger partial charge >= 0.3 is 0 Å². The average Bonchev–Trinajstić information content (AvgIpc) is 2.68. The lowest BCUT2D eigenvalue weighted by molar-refractivity contribution is -0.113. The fourth-order valence-corrected chi connectivity index (χ4v) is 4.23. The number of hydrogen-bond donors (Lipinski definition) is 2. The van der Waals surface area contributed by atoms with E-state index in [0.717, 1.165) is 18.0 Å². The molecule has 0 aliphatic rings. The van der Waals surface area contributed by atoms with E-state index in [-0.39, 0.29) is 15.8 Å². The van der Waals surface area contributed by atoms with Crippen molar-refractivity contribution < 1.29 is 17.6 Å². The molecule has 11 heteroatoms. The van der Waals surface area contributed by atoms with Crippen molar-refractivity contribution in [3.63, 3.8) is 0 Å². The highest BCUT2D eigenvalue weighted by Gasteiger charge is 2.22. The summed E-state index contributed by atoms with van der Waals surface area (Å²) in [5, 5.41) is 3.01. The van der Waals surface area contributed by atoms with Crippen LogP contribution in [0.3, 0.4) is 0 Å². The summed E-state index contributed by atoms with van der Waals surface area (Å²) >= 11 is 6.67. The number of nitrogens with one attached hydrogen (secondary N) is 2. The Kier molecular flexibility index (Phi) is 6.36. The molecule has 0 bridgehead atoms. The lowest BCUT2D eigenvalue weighted by Crippen LogP contribution is -2.20. The summed E-state index contributed by atoms with van der Waals surface area (Å²) < 4.78 is 38.0. The molecule has 0 fully saturated rings. The van der Waals surface area contributed by atoms with E-state index >= 15 is 0 Å². The molecule has 0 atom stereocenters. The van der Waals surface area contributed by atoms with E-state index in [1.165, 1.54) is 48.5 Å². The number of carbonyl (C=O) groups excluding carboxylic acids is 1. The summed E-state index contributed by atoms with van der Waals surface area (Å²) in [5.41, 5.74) is -0.431. The molecule has 1 heterocycles. The number of thioether (sulfide) groups is 1. The van der Waals surface area contributed by atoms with Crippen LogP contribution in [0, 0.1) is 5.82 Å². The SMILES string of the molecule is O=C(CSc1ncc(S(=O)(=O)c2ccc(Cl)cc2)c(=O)[nH]1)Nc1ccc(F)cc1. The number of halogens is 2. The van der Waals surface area contributed by atoms with E-state index in [0.29, 0.717) is 10.7 Å². The zero-order chi connectivity index (χ0) is 21.0. The first-order valence-corrected chi connectivity index (χ1v) is 10.9. The third-order valence-corrected chi connectivity index (χ3v) is 6.53. The predicted octanol–water partition coefficient (Wildman–Crippen LogP) is 3.13. The quantitative estimate of drug-likeness (QED) is 0.438. The Morgan fingerprint density at radius 2 is 1.79 bits per heavy atom. The Hall–Kier alpha value is -2.69. The van der Waals surface area contributed by atoms with E-state index in [1.54, 1.807) is 0 Å². The second kappa shape index (κ2) is 8.76. The summed E-state index contributed by atoms with van der Waals surface area (Å²) in [5.74, 6) is -0.918. The number of benzene rings is 2. The Bertz CT molecular complexity index is 1200. The van der Waals surface area contributed by atoms with Gasteiger partial charge in [-0.1, -0.05) is 23.4 Å². The summed E-state index contributed by atoms with van der Waals surface area (Å²) in [6.07, 6.45) is 0.947. The van der Waals surface area contributed by atoms with Crippen LogP contribution in [0.2, 0.25) is 5.02 Å². The number of aromatic amines is 1. The van der Waals surface area contributed by atoms with Crippen molar-refractivity contribution in [1.29, 1.82) is 0 Å². The number of aromatic nitrogens is 2. The molecule has 0 radical (unpaired) electrons. The van der Waals surface area contributed by atoms with E-state index in [4.69, 9.17) is 11.6 Å². The van der Waals surface area contributed by atoms with Crippen LogP contribution in [0.4, 0.5) is 10.1 Å². The second-order valence-electron chi connectivity index (χ2n) is 5.68. The van der Waals surface area contributed by atoms with Gasteiger partial charge in [-0.2, -0.15) is 0 Å². The molecule has 7 nitrogen and oxygen atoms in total. The molecule has 1 aromatic heterocycles. The van der Waals surface area contributed by atoms with Gasteiger partial charge in [-0.3, -0.25) is 9.59 Å². The molecule has 3 aromatic rings. The molecular formula is C18H13ClFN3O4S2. The van der Waals surface area contributed by atoms with Gasteiger partial charge in [-0.05, 0) is 48.5 Å². The summed E-state index contributed by atoms with van der Waals surface area (Å²) in [6, 6.07) is 10.6. The lowest BCUT2D eigenvalue weighted by Gasteiger charge is -2.06. The van der Waals surface area contributed by atoms with Gasteiger partial charge in [-0.25, -0.2) is 17.8 Å². The van der Waals surface area contributed by atoms with Crippen LogP contribution in [0.15, 0.2) is 74.5 Å². The van der Waals surface area contributed by atoms with E-state index < -0.39 is 32.0 Å². The first-order chi connectivity index (χ1) is 13.8. The molecule has 2 aromatic carbocycles. The molecule has 0 saturated heterocycles. The number of nitrogens with zero attached hydrogens (tertiary/aromatic N) is 1. The fraction of sp³-hybridized carbons (Fsp3) is 0.0556. The number of H-pyrrole nitrogens is 1. The average molecular weight is 454 g/mol. The van der Waals surface area contributed by atoms with Gasteiger partial charge in [-0.15, -0.1) is 0 Å². The van der Waals surface area contributed by atoms with E-state index in [1.807, 2.05) is 0 Å². The number of carbonyl (C=O) groups is 1. The minimum absolute atomic E-state index is 0.0827. The maximum atomic E-state index is 12.9. The topological polar surface area (TPSA) is 109 Å². The minimum Gasteiger partial charge on any atom is -0.325 e. The summed E-state index contributed by atoms with van der Waals surface area (Å²) in [4.78, 5) is 29.8. The van der Waals surface area contributed by atoms with Gasteiger partial charge in [0.1, 0.15) is 5.82 Å². The van der Waals surface area contributed by atoms with E-state index in [2.05, 4.69) is 15.3 Å². The number of amides is 1. The van der Waals surface area contributed by atoms with Crippen molar-refractivity contribution in [2.45, 2.75) is 14.9 Å². The van der Waals surface area contributed by atoms with E-state index in [9.17, 15) is 22.4 Å². The number of hydrogen-bond acceptors (Lipinski definition) is 6. The monoisotopic (exact) mass is 453 g/mol. The highest BCUT2D eigenvalue weighted by Crippen LogP contribution is 2.20. The van der Waals surface area contributed by atoms with Crippen molar-refractivity contribution >= 4 is 44.8 Å². The maximum Gasteiger partial charge on any atom is 0.270 e. The molecule has 0 saturated carbocycles. The summed E-state index contributed by atoms with van der Waals surface area (Å²) in [6.45, 7) is 0. The molecule has 3 rings (SSSR count). The molecule has 0 spiro atoms. The standard InChI is InChI=1S/C18H13ClFN3O4S2/c19-11-1-7-14(8-2-11)29(26,27)15-9-21-18(23-17(15)25)28-10-16(24)22-13-5-3-12(20)4-6-13/h1-9H,10H2,(H,22,24)(H,21,23,25). The van der Waals surface area contributed by atoms with Crippen LogP contribution in [0.25, 0.3) is 0 Å². The molecule has 1 amide bonds. The third kappa shape index (κ3) is 5.22. The Morgan fingerprint density at radius 1 is 1.14 bits per heavy atom. The number of sulfone groups is 1.